The zero-order valence-electron chi connectivity index (χ0n) is 15.9. The summed E-state index contributed by atoms with van der Waals surface area (Å²) < 4.78 is 0. The first-order valence-corrected chi connectivity index (χ1v) is 9.92. The molecule has 136 valence electrons. The maximum Gasteiger partial charge on any atom is 0.136 e. The second-order valence-electron chi connectivity index (χ2n) is 6.96. The van der Waals surface area contributed by atoms with Gasteiger partial charge in [-0.3, -0.25) is 0 Å². The lowest BCUT2D eigenvalue weighted by Crippen LogP contribution is -1.94. The van der Waals surface area contributed by atoms with Gasteiger partial charge in [0.2, 0.25) is 0 Å². The summed E-state index contributed by atoms with van der Waals surface area (Å²) in [4.78, 5) is 4.66. The number of anilines is 1. The van der Waals surface area contributed by atoms with Gasteiger partial charge >= 0.3 is 0 Å². The monoisotopic (exact) mass is 373 g/mol. The number of nitrogens with one attached hydrogen (secondary N) is 1. The summed E-state index contributed by atoms with van der Waals surface area (Å²) in [7, 11) is 0. The summed E-state index contributed by atoms with van der Waals surface area (Å²) in [6.45, 7) is 6.48. The normalized spacial score (nSPS) is 11.4. The Labute approximate surface area is 165 Å². The van der Waals surface area contributed by atoms with Crippen molar-refractivity contribution in [2.45, 2.75) is 27.2 Å². The van der Waals surface area contributed by atoms with Crippen molar-refractivity contribution < 1.29 is 0 Å². The molecule has 3 rings (SSSR count). The Kier molecular flexibility index (Phi) is 6.05. The largest absolute Gasteiger partial charge is 0.360 e. The van der Waals surface area contributed by atoms with E-state index in [0.717, 1.165) is 33.9 Å². The van der Waals surface area contributed by atoms with E-state index in [-0.39, 0.29) is 0 Å². The molecule has 2 aromatic carbocycles. The molecule has 0 saturated carbocycles. The van der Waals surface area contributed by atoms with Crippen molar-refractivity contribution in [2.24, 2.45) is 5.92 Å². The fraction of sp³-hybridized carbons (Fsp3) is 0.217. The van der Waals surface area contributed by atoms with E-state index >= 15 is 0 Å². The predicted octanol–water partition coefficient (Wildman–Crippen LogP) is 6.29. The smallest absolute Gasteiger partial charge is 0.136 e. The van der Waals surface area contributed by atoms with Crippen molar-refractivity contribution in [1.29, 1.82) is 5.26 Å². The third-order valence-electron chi connectivity index (χ3n) is 4.27. The molecule has 0 bridgehead atoms. The van der Waals surface area contributed by atoms with Crippen LogP contribution in [-0.4, -0.2) is 4.98 Å². The molecule has 27 heavy (non-hydrogen) atoms. The summed E-state index contributed by atoms with van der Waals surface area (Å²) in [5.41, 5.74) is 5.97. The Hall–Kier alpha value is -2.90. The lowest BCUT2D eigenvalue weighted by atomic mass is 10.0. The van der Waals surface area contributed by atoms with Gasteiger partial charge in [0.05, 0.1) is 5.69 Å². The molecule has 0 radical (unpaired) electrons. The zero-order valence-corrected chi connectivity index (χ0v) is 16.7. The van der Waals surface area contributed by atoms with Gasteiger partial charge in [-0.2, -0.15) is 5.26 Å². The summed E-state index contributed by atoms with van der Waals surface area (Å²) >= 11 is 1.49. The van der Waals surface area contributed by atoms with E-state index in [9.17, 15) is 5.26 Å². The van der Waals surface area contributed by atoms with Crippen LogP contribution in [0.15, 0.2) is 60.1 Å². The van der Waals surface area contributed by atoms with Crippen molar-refractivity contribution in [1.82, 2.24) is 4.98 Å². The van der Waals surface area contributed by atoms with Gasteiger partial charge in [-0.25, -0.2) is 4.98 Å². The molecule has 0 aliphatic carbocycles. The number of allylic oxidation sites excluding steroid dienone is 1. The topological polar surface area (TPSA) is 48.7 Å². The molecule has 4 heteroatoms. The first kappa shape index (κ1) is 18.9. The van der Waals surface area contributed by atoms with Crippen LogP contribution < -0.4 is 5.32 Å². The zero-order chi connectivity index (χ0) is 19.2. The molecule has 3 nitrogen and oxygen atoms in total. The Morgan fingerprint density at radius 2 is 1.93 bits per heavy atom. The second kappa shape index (κ2) is 8.66. The van der Waals surface area contributed by atoms with Gasteiger partial charge in [-0.15, -0.1) is 11.3 Å². The molecule has 3 aromatic rings. The molecule has 0 fully saturated rings. The molecule has 0 amide bonds. The summed E-state index contributed by atoms with van der Waals surface area (Å²) in [5, 5.41) is 15.5. The van der Waals surface area contributed by atoms with E-state index in [2.05, 4.69) is 54.5 Å². The molecule has 0 aliphatic heterocycles. The standard InChI is InChI=1S/C23H23N3S/c1-16(2)12-18-8-10-19(11-9-18)22-15-27-23(26-22)20(13-24)14-25-21-7-5-4-6-17(21)3/h4-11,14-16,25H,12H2,1-3H3/b20-14+. The van der Waals surface area contributed by atoms with Crippen molar-refractivity contribution in [3.05, 3.63) is 76.2 Å². The number of nitriles is 1. The average molecular weight is 374 g/mol. The lowest BCUT2D eigenvalue weighted by Gasteiger charge is -2.05. The maximum absolute atomic E-state index is 9.54. The van der Waals surface area contributed by atoms with E-state index in [1.165, 1.54) is 16.9 Å². The number of hydrogen-bond donors (Lipinski definition) is 1. The fourth-order valence-electron chi connectivity index (χ4n) is 2.84. The Morgan fingerprint density at radius 1 is 1.19 bits per heavy atom. The number of nitrogens with zero attached hydrogens (tertiary/aromatic N) is 2. The number of aryl methyl sites for hydroxylation is 1. The molecule has 0 saturated heterocycles. The minimum absolute atomic E-state index is 0.533. The number of hydrogen-bond acceptors (Lipinski definition) is 4. The average Bonchev–Trinajstić information content (AvgIpc) is 3.14. The number of rotatable bonds is 6. The molecule has 0 spiro atoms. The third-order valence-corrected chi connectivity index (χ3v) is 5.14. The van der Waals surface area contributed by atoms with Crippen LogP contribution in [0.3, 0.4) is 0 Å². The van der Waals surface area contributed by atoms with Gasteiger partial charge in [0.1, 0.15) is 16.6 Å². The highest BCUT2D eigenvalue weighted by molar-refractivity contribution is 7.11. The highest BCUT2D eigenvalue weighted by Gasteiger charge is 2.09. The predicted molar refractivity (Wildman–Crippen MR) is 114 cm³/mol. The maximum atomic E-state index is 9.54. The van der Waals surface area contributed by atoms with Gasteiger partial charge in [0.15, 0.2) is 0 Å². The molecule has 0 unspecified atom stereocenters. The Morgan fingerprint density at radius 3 is 2.59 bits per heavy atom. The molecule has 1 N–H and O–H groups in total. The van der Waals surface area contributed by atoms with E-state index < -0.39 is 0 Å². The molecular weight excluding hydrogens is 350 g/mol. The van der Waals surface area contributed by atoms with Crippen LogP contribution in [0.4, 0.5) is 5.69 Å². The van der Waals surface area contributed by atoms with Crippen LogP contribution in [-0.2, 0) is 6.42 Å². The highest BCUT2D eigenvalue weighted by Crippen LogP contribution is 2.27. The Bertz CT molecular complexity index is 975. The van der Waals surface area contributed by atoms with Gasteiger partial charge < -0.3 is 5.32 Å². The van der Waals surface area contributed by atoms with Crippen LogP contribution in [0.25, 0.3) is 16.8 Å². The van der Waals surface area contributed by atoms with Gasteiger partial charge in [-0.05, 0) is 36.5 Å². The van der Waals surface area contributed by atoms with Gasteiger partial charge in [-0.1, -0.05) is 56.3 Å². The van der Waals surface area contributed by atoms with Crippen molar-refractivity contribution >= 4 is 22.6 Å². The van der Waals surface area contributed by atoms with Crippen molar-refractivity contribution in [2.75, 3.05) is 5.32 Å². The second-order valence-corrected chi connectivity index (χ2v) is 7.82. The van der Waals surface area contributed by atoms with E-state index in [1.54, 1.807) is 6.20 Å². The van der Waals surface area contributed by atoms with Crippen LogP contribution in [0, 0.1) is 24.2 Å². The van der Waals surface area contributed by atoms with Crippen LogP contribution in [0.1, 0.15) is 30.0 Å². The van der Waals surface area contributed by atoms with Crippen LogP contribution in [0.2, 0.25) is 0 Å². The molecule has 0 atom stereocenters. The number of aromatic nitrogens is 1. The van der Waals surface area contributed by atoms with Gasteiger partial charge in [0, 0.05) is 22.8 Å². The molecule has 0 aliphatic rings. The Balaban J connectivity index is 1.78. The van der Waals surface area contributed by atoms with Crippen molar-refractivity contribution in [3.8, 4) is 17.3 Å². The molecule has 1 heterocycles. The van der Waals surface area contributed by atoms with Crippen molar-refractivity contribution in [3.63, 3.8) is 0 Å². The van der Waals surface area contributed by atoms with Crippen LogP contribution >= 0.6 is 11.3 Å². The van der Waals surface area contributed by atoms with E-state index in [1.807, 2.05) is 36.6 Å². The minimum Gasteiger partial charge on any atom is -0.360 e. The summed E-state index contributed by atoms with van der Waals surface area (Å²) in [5.74, 6) is 0.644. The summed E-state index contributed by atoms with van der Waals surface area (Å²) in [6.07, 6.45) is 2.81. The molecular formula is C23H23N3S. The minimum atomic E-state index is 0.533. The fourth-order valence-corrected chi connectivity index (χ4v) is 3.63. The first-order chi connectivity index (χ1) is 13.1. The molecule has 1 aromatic heterocycles. The SMILES string of the molecule is Cc1ccccc1N/C=C(\C#N)c1nc(-c2ccc(CC(C)C)cc2)cs1. The third kappa shape index (κ3) is 4.84. The summed E-state index contributed by atoms with van der Waals surface area (Å²) in [6, 6.07) is 18.8. The quantitative estimate of drug-likeness (QED) is 0.516. The first-order valence-electron chi connectivity index (χ1n) is 9.04. The van der Waals surface area contributed by atoms with E-state index in [0.29, 0.717) is 11.5 Å². The number of benzene rings is 2. The number of thiazole rings is 1. The van der Waals surface area contributed by atoms with E-state index in [4.69, 9.17) is 0 Å². The highest BCUT2D eigenvalue weighted by atomic mass is 32.1. The lowest BCUT2D eigenvalue weighted by molar-refractivity contribution is 0.647. The van der Waals surface area contributed by atoms with Crippen LogP contribution in [0.5, 0.6) is 0 Å². The number of para-hydroxylation sites is 1. The van der Waals surface area contributed by atoms with Gasteiger partial charge in [0.25, 0.3) is 0 Å².